The molecule has 1 heterocycles. The normalized spacial score (nSPS) is 17.1. The van der Waals surface area contributed by atoms with Crippen LogP contribution in [0.1, 0.15) is 43.7 Å². The zero-order chi connectivity index (χ0) is 12.1. The largest absolute Gasteiger partial charge is 0.373 e. The highest BCUT2D eigenvalue weighted by atomic mass is 16.5. The van der Waals surface area contributed by atoms with Gasteiger partial charge in [-0.3, -0.25) is 0 Å². The molecule has 4 nitrogen and oxygen atoms in total. The van der Waals surface area contributed by atoms with Gasteiger partial charge >= 0.3 is 0 Å². The average Bonchev–Trinajstić information content (AvgIpc) is 3.17. The fourth-order valence-electron chi connectivity index (χ4n) is 1.92. The molecule has 0 aliphatic heterocycles. The van der Waals surface area contributed by atoms with Gasteiger partial charge < -0.3 is 10.1 Å². The van der Waals surface area contributed by atoms with Gasteiger partial charge in [-0.05, 0) is 31.7 Å². The van der Waals surface area contributed by atoms with Crippen molar-refractivity contribution in [3.8, 4) is 0 Å². The van der Waals surface area contributed by atoms with Gasteiger partial charge in [0.05, 0.1) is 0 Å². The average molecular weight is 235 g/mol. The maximum atomic E-state index is 5.46. The Morgan fingerprint density at radius 3 is 2.65 bits per heavy atom. The molecule has 0 bridgehead atoms. The molecule has 1 fully saturated rings. The van der Waals surface area contributed by atoms with Crippen molar-refractivity contribution >= 4 is 0 Å². The first-order valence-electron chi connectivity index (χ1n) is 6.39. The summed E-state index contributed by atoms with van der Waals surface area (Å²) in [6.07, 6.45) is 7.52. The van der Waals surface area contributed by atoms with Crippen molar-refractivity contribution in [1.82, 2.24) is 15.3 Å². The van der Waals surface area contributed by atoms with Crippen molar-refractivity contribution in [3.05, 3.63) is 23.8 Å². The van der Waals surface area contributed by atoms with Crippen molar-refractivity contribution in [2.75, 3.05) is 13.7 Å². The van der Waals surface area contributed by atoms with Gasteiger partial charge in [0.2, 0.25) is 0 Å². The predicted molar refractivity (Wildman–Crippen MR) is 66.5 cm³/mol. The van der Waals surface area contributed by atoms with Crippen LogP contribution in [0.15, 0.2) is 12.4 Å². The summed E-state index contributed by atoms with van der Waals surface area (Å²) in [6, 6.07) is 0. The molecule has 94 valence electrons. The van der Waals surface area contributed by atoms with Crippen LogP contribution < -0.4 is 5.32 Å². The highest BCUT2D eigenvalue weighted by molar-refractivity contribution is 5.07. The molecule has 0 radical (unpaired) electrons. The number of ether oxygens (including phenoxy) is 1. The molecule has 2 rings (SSSR count). The van der Waals surface area contributed by atoms with Gasteiger partial charge in [0, 0.05) is 31.6 Å². The zero-order valence-corrected chi connectivity index (χ0v) is 10.6. The third-order valence-electron chi connectivity index (χ3n) is 3.04. The van der Waals surface area contributed by atoms with Crippen LogP contribution in [-0.2, 0) is 11.3 Å². The van der Waals surface area contributed by atoms with Crippen LogP contribution in [0, 0.1) is 5.92 Å². The van der Waals surface area contributed by atoms with E-state index in [1.807, 2.05) is 12.4 Å². The number of aromatic nitrogens is 2. The van der Waals surface area contributed by atoms with Crippen LogP contribution in [0.3, 0.4) is 0 Å². The summed E-state index contributed by atoms with van der Waals surface area (Å²) in [5, 5.41) is 3.34. The Labute approximate surface area is 103 Å². The molecule has 1 aliphatic carbocycles. The van der Waals surface area contributed by atoms with Crippen LogP contribution in [-0.4, -0.2) is 23.6 Å². The SMILES string of the molecule is CCCNCc1cnc(C(OC)C2CC2)nc1. The topological polar surface area (TPSA) is 47.0 Å². The van der Waals surface area contributed by atoms with E-state index < -0.39 is 0 Å². The first-order valence-corrected chi connectivity index (χ1v) is 6.39. The molecule has 0 saturated heterocycles. The van der Waals surface area contributed by atoms with Gasteiger partial charge in [-0.15, -0.1) is 0 Å². The quantitative estimate of drug-likeness (QED) is 0.735. The molecule has 0 aromatic carbocycles. The van der Waals surface area contributed by atoms with E-state index in [0.717, 1.165) is 30.9 Å². The molecule has 0 amide bonds. The Hall–Kier alpha value is -1.00. The van der Waals surface area contributed by atoms with E-state index in [9.17, 15) is 0 Å². The molecule has 17 heavy (non-hydrogen) atoms. The highest BCUT2D eigenvalue weighted by Gasteiger charge is 2.34. The third-order valence-corrected chi connectivity index (χ3v) is 3.04. The lowest BCUT2D eigenvalue weighted by molar-refractivity contribution is 0.0771. The number of hydrogen-bond acceptors (Lipinski definition) is 4. The summed E-state index contributed by atoms with van der Waals surface area (Å²) in [6.45, 7) is 4.03. The first kappa shape index (κ1) is 12.5. The summed E-state index contributed by atoms with van der Waals surface area (Å²) < 4.78 is 5.46. The second-order valence-corrected chi connectivity index (χ2v) is 4.62. The van der Waals surface area contributed by atoms with Crippen LogP contribution in [0.25, 0.3) is 0 Å². The van der Waals surface area contributed by atoms with E-state index in [1.165, 1.54) is 12.8 Å². The number of hydrogen-bond donors (Lipinski definition) is 1. The van der Waals surface area contributed by atoms with Crippen molar-refractivity contribution < 1.29 is 4.74 Å². The van der Waals surface area contributed by atoms with Crippen LogP contribution in [0.5, 0.6) is 0 Å². The molecule has 1 N–H and O–H groups in total. The number of nitrogens with one attached hydrogen (secondary N) is 1. The van der Waals surface area contributed by atoms with E-state index in [-0.39, 0.29) is 6.10 Å². The molecular weight excluding hydrogens is 214 g/mol. The minimum atomic E-state index is 0.0904. The summed E-state index contributed by atoms with van der Waals surface area (Å²) in [4.78, 5) is 8.83. The Kier molecular flexibility index (Phi) is 4.45. The van der Waals surface area contributed by atoms with Crippen molar-refractivity contribution in [3.63, 3.8) is 0 Å². The lowest BCUT2D eigenvalue weighted by Gasteiger charge is -2.12. The Morgan fingerprint density at radius 1 is 1.41 bits per heavy atom. The van der Waals surface area contributed by atoms with Crippen molar-refractivity contribution in [1.29, 1.82) is 0 Å². The second-order valence-electron chi connectivity index (χ2n) is 4.62. The second kappa shape index (κ2) is 6.07. The van der Waals surface area contributed by atoms with Gasteiger partial charge in [0.1, 0.15) is 6.10 Å². The fourth-order valence-corrected chi connectivity index (χ4v) is 1.92. The van der Waals surface area contributed by atoms with Crippen LogP contribution >= 0.6 is 0 Å². The molecule has 1 aliphatic rings. The number of nitrogens with zero attached hydrogens (tertiary/aromatic N) is 2. The minimum absolute atomic E-state index is 0.0904. The smallest absolute Gasteiger partial charge is 0.157 e. The van der Waals surface area contributed by atoms with Gasteiger partial charge in [-0.25, -0.2) is 9.97 Å². The van der Waals surface area contributed by atoms with E-state index in [1.54, 1.807) is 7.11 Å². The van der Waals surface area contributed by atoms with Crippen LogP contribution in [0.4, 0.5) is 0 Å². The summed E-state index contributed by atoms with van der Waals surface area (Å²) in [7, 11) is 1.74. The van der Waals surface area contributed by atoms with Gasteiger partial charge in [0.25, 0.3) is 0 Å². The first-order chi connectivity index (χ1) is 8.35. The molecule has 1 unspecified atom stereocenters. The predicted octanol–water partition coefficient (Wildman–Crippen LogP) is 2.07. The van der Waals surface area contributed by atoms with E-state index >= 15 is 0 Å². The zero-order valence-electron chi connectivity index (χ0n) is 10.6. The monoisotopic (exact) mass is 235 g/mol. The van der Waals surface area contributed by atoms with Gasteiger partial charge in [-0.1, -0.05) is 6.92 Å². The standard InChI is InChI=1S/C13H21N3O/c1-3-6-14-7-10-8-15-13(16-9-10)12(17-2)11-4-5-11/h8-9,11-12,14H,3-7H2,1-2H3. The van der Waals surface area contributed by atoms with E-state index in [4.69, 9.17) is 4.74 Å². The van der Waals surface area contributed by atoms with E-state index in [0.29, 0.717) is 5.92 Å². The minimum Gasteiger partial charge on any atom is -0.373 e. The number of methoxy groups -OCH3 is 1. The molecule has 0 spiro atoms. The third kappa shape index (κ3) is 3.48. The van der Waals surface area contributed by atoms with Crippen LogP contribution in [0.2, 0.25) is 0 Å². The van der Waals surface area contributed by atoms with Crippen molar-refractivity contribution in [2.24, 2.45) is 5.92 Å². The maximum absolute atomic E-state index is 5.46. The molecule has 1 saturated carbocycles. The Morgan fingerprint density at radius 2 is 2.12 bits per heavy atom. The molecule has 1 atom stereocenters. The molecule has 4 heteroatoms. The summed E-state index contributed by atoms with van der Waals surface area (Å²) >= 11 is 0. The van der Waals surface area contributed by atoms with Gasteiger partial charge in [-0.2, -0.15) is 0 Å². The van der Waals surface area contributed by atoms with Gasteiger partial charge in [0.15, 0.2) is 5.82 Å². The highest BCUT2D eigenvalue weighted by Crippen LogP contribution is 2.41. The number of rotatable bonds is 7. The Balaban J connectivity index is 1.92. The summed E-state index contributed by atoms with van der Waals surface area (Å²) in [5.74, 6) is 1.46. The summed E-state index contributed by atoms with van der Waals surface area (Å²) in [5.41, 5.74) is 1.13. The van der Waals surface area contributed by atoms with Crippen molar-refractivity contribution in [2.45, 2.75) is 38.8 Å². The molecular formula is C13H21N3O. The molecule has 1 aromatic rings. The lowest BCUT2D eigenvalue weighted by Crippen LogP contribution is -2.15. The molecule has 1 aromatic heterocycles. The Bertz CT molecular complexity index is 335. The maximum Gasteiger partial charge on any atom is 0.157 e. The van der Waals surface area contributed by atoms with E-state index in [2.05, 4.69) is 22.2 Å². The lowest BCUT2D eigenvalue weighted by atomic mass is 10.2. The fraction of sp³-hybridized carbons (Fsp3) is 0.692.